The van der Waals surface area contributed by atoms with Gasteiger partial charge in [-0.2, -0.15) is 9.61 Å². The van der Waals surface area contributed by atoms with Gasteiger partial charge in [-0.1, -0.05) is 42.0 Å². The van der Waals surface area contributed by atoms with Crippen molar-refractivity contribution in [1.82, 2.24) is 14.6 Å². The average molecular weight is 615 g/mol. The molecule has 1 saturated heterocycles. The van der Waals surface area contributed by atoms with Crippen LogP contribution in [0.2, 0.25) is 5.02 Å². The molecule has 8 nitrogen and oxygen atoms in total. The largest absolute Gasteiger partial charge is 0.493 e. The van der Waals surface area contributed by atoms with Crippen LogP contribution in [0.5, 0.6) is 5.75 Å². The number of carbonyl (C=O) groups excluding carboxylic acids is 1. The fraction of sp³-hybridized carbons (Fsp3) is 0.343. The number of anilines is 1. The minimum atomic E-state index is -0.320. The second-order valence-electron chi connectivity index (χ2n) is 11.2. The first-order chi connectivity index (χ1) is 21.2. The number of ether oxygens (including phenoxy) is 3. The normalized spacial score (nSPS) is 14.4. The third kappa shape index (κ3) is 6.82. The van der Waals surface area contributed by atoms with Crippen LogP contribution in [0.3, 0.4) is 0 Å². The average Bonchev–Trinajstić information content (AvgIpc) is 3.45. The highest BCUT2D eigenvalue weighted by Crippen LogP contribution is 2.37. The standard InChI is InChI=1S/C35H39ClN4O4/c1-6-8-19-43-31-13-12-27(36)21-29(31)25-10-9-11-26(20-25)30-23-32-37-24(3)28(22-33(41)42-5)34(40(32)38-30)39-16-14-35(4,15-17-39)44-18-7-2/h6-7,9-13,20-21,23H,1-2,8,14-19,22H2,3-5H3. The van der Waals surface area contributed by atoms with Crippen molar-refractivity contribution in [3.63, 3.8) is 0 Å². The van der Waals surface area contributed by atoms with Gasteiger partial charge in [-0.3, -0.25) is 4.79 Å². The first-order valence-corrected chi connectivity index (χ1v) is 15.2. The van der Waals surface area contributed by atoms with Gasteiger partial charge in [-0.15, -0.1) is 13.2 Å². The molecule has 4 aromatic rings. The third-order valence-electron chi connectivity index (χ3n) is 8.09. The molecule has 1 aliphatic heterocycles. The summed E-state index contributed by atoms with van der Waals surface area (Å²) in [6.45, 7) is 14.2. The highest BCUT2D eigenvalue weighted by Gasteiger charge is 2.33. The van der Waals surface area contributed by atoms with E-state index in [1.807, 2.05) is 60.0 Å². The molecule has 0 radical (unpaired) electrons. The fourth-order valence-electron chi connectivity index (χ4n) is 5.57. The minimum absolute atomic E-state index is 0.107. The number of methoxy groups -OCH3 is 1. The fourth-order valence-corrected chi connectivity index (χ4v) is 5.75. The molecule has 0 aliphatic carbocycles. The number of aryl methyl sites for hydroxylation is 1. The summed E-state index contributed by atoms with van der Waals surface area (Å²) in [6.07, 6.45) is 6.12. The van der Waals surface area contributed by atoms with E-state index in [2.05, 4.69) is 31.0 Å². The van der Waals surface area contributed by atoms with Crippen LogP contribution in [0.1, 0.15) is 37.4 Å². The van der Waals surface area contributed by atoms with Crippen molar-refractivity contribution in [3.8, 4) is 28.1 Å². The van der Waals surface area contributed by atoms with Crippen LogP contribution in [0.25, 0.3) is 28.0 Å². The predicted octanol–water partition coefficient (Wildman–Crippen LogP) is 7.26. The summed E-state index contributed by atoms with van der Waals surface area (Å²) in [7, 11) is 1.40. The van der Waals surface area contributed by atoms with Gasteiger partial charge >= 0.3 is 5.97 Å². The molecule has 0 unspecified atom stereocenters. The summed E-state index contributed by atoms with van der Waals surface area (Å²) in [4.78, 5) is 19.7. The third-order valence-corrected chi connectivity index (χ3v) is 8.32. The van der Waals surface area contributed by atoms with Crippen molar-refractivity contribution < 1.29 is 19.0 Å². The van der Waals surface area contributed by atoms with Crippen LogP contribution in [-0.2, 0) is 20.7 Å². The molecule has 0 amide bonds. The van der Waals surface area contributed by atoms with E-state index in [1.165, 1.54) is 7.11 Å². The molecule has 44 heavy (non-hydrogen) atoms. The first-order valence-electron chi connectivity index (χ1n) is 14.8. The van der Waals surface area contributed by atoms with Crippen molar-refractivity contribution >= 4 is 29.0 Å². The Bertz CT molecular complexity index is 1670. The Morgan fingerprint density at radius 2 is 1.86 bits per heavy atom. The van der Waals surface area contributed by atoms with Gasteiger partial charge in [0.2, 0.25) is 0 Å². The summed E-state index contributed by atoms with van der Waals surface area (Å²) in [5.74, 6) is 1.29. The monoisotopic (exact) mass is 614 g/mol. The second kappa shape index (κ2) is 13.7. The van der Waals surface area contributed by atoms with Crippen molar-refractivity contribution in [2.24, 2.45) is 0 Å². The lowest BCUT2D eigenvalue weighted by Crippen LogP contribution is -2.45. The van der Waals surface area contributed by atoms with Crippen LogP contribution < -0.4 is 9.64 Å². The molecule has 9 heteroatoms. The summed E-state index contributed by atoms with van der Waals surface area (Å²) >= 11 is 6.40. The van der Waals surface area contributed by atoms with E-state index in [0.717, 1.165) is 77.6 Å². The quantitative estimate of drug-likeness (QED) is 0.0944. The van der Waals surface area contributed by atoms with Crippen LogP contribution in [-0.4, -0.2) is 59.6 Å². The molecule has 5 rings (SSSR count). The van der Waals surface area contributed by atoms with E-state index in [0.29, 0.717) is 23.9 Å². The van der Waals surface area contributed by atoms with E-state index < -0.39 is 0 Å². The van der Waals surface area contributed by atoms with Crippen LogP contribution >= 0.6 is 11.6 Å². The van der Waals surface area contributed by atoms with Gasteiger partial charge in [0.05, 0.1) is 38.0 Å². The Kier molecular flexibility index (Phi) is 9.71. The second-order valence-corrected chi connectivity index (χ2v) is 11.7. The summed E-state index contributed by atoms with van der Waals surface area (Å²) in [5.41, 5.74) is 5.60. The molecule has 1 fully saturated rings. The smallest absolute Gasteiger partial charge is 0.310 e. The van der Waals surface area contributed by atoms with E-state index in [4.69, 9.17) is 35.9 Å². The van der Waals surface area contributed by atoms with E-state index in [9.17, 15) is 4.79 Å². The van der Waals surface area contributed by atoms with Crippen LogP contribution in [0.4, 0.5) is 5.82 Å². The summed E-state index contributed by atoms with van der Waals surface area (Å²) in [6, 6.07) is 15.8. The number of esters is 1. The molecular formula is C35H39ClN4O4. The lowest BCUT2D eigenvalue weighted by Gasteiger charge is -2.40. The van der Waals surface area contributed by atoms with Crippen LogP contribution in [0, 0.1) is 6.92 Å². The number of rotatable bonds is 12. The van der Waals surface area contributed by atoms with Crippen molar-refractivity contribution in [1.29, 1.82) is 0 Å². The number of fused-ring (bicyclic) bond motifs is 1. The number of piperidine rings is 1. The summed E-state index contributed by atoms with van der Waals surface area (Å²) in [5, 5.41) is 5.69. The topological polar surface area (TPSA) is 78.2 Å². The van der Waals surface area contributed by atoms with Crippen molar-refractivity contribution in [2.45, 2.75) is 45.1 Å². The van der Waals surface area contributed by atoms with Gasteiger partial charge in [0.25, 0.3) is 0 Å². The zero-order chi connectivity index (χ0) is 31.3. The number of benzene rings is 2. The number of hydrogen-bond acceptors (Lipinski definition) is 7. The maximum Gasteiger partial charge on any atom is 0.310 e. The molecule has 0 spiro atoms. The van der Waals surface area contributed by atoms with Crippen molar-refractivity contribution in [3.05, 3.63) is 90.1 Å². The number of nitrogens with zero attached hydrogens (tertiary/aromatic N) is 4. The zero-order valence-electron chi connectivity index (χ0n) is 25.6. The summed E-state index contributed by atoms with van der Waals surface area (Å²) < 4.78 is 19.1. The molecule has 2 aromatic heterocycles. The van der Waals surface area contributed by atoms with Gasteiger partial charge in [-0.25, -0.2) is 4.98 Å². The maximum atomic E-state index is 12.5. The molecule has 0 saturated carbocycles. The zero-order valence-corrected chi connectivity index (χ0v) is 26.4. The number of halogens is 1. The Morgan fingerprint density at radius 1 is 1.09 bits per heavy atom. The van der Waals surface area contributed by atoms with Gasteiger partial charge in [0, 0.05) is 46.6 Å². The molecule has 230 valence electrons. The Balaban J connectivity index is 1.55. The van der Waals surface area contributed by atoms with Gasteiger partial charge in [-0.05, 0) is 62.9 Å². The Hall–Kier alpha value is -4.14. The van der Waals surface area contributed by atoms with E-state index in [1.54, 1.807) is 6.08 Å². The van der Waals surface area contributed by atoms with E-state index in [-0.39, 0.29) is 18.0 Å². The Morgan fingerprint density at radius 3 is 2.59 bits per heavy atom. The maximum absolute atomic E-state index is 12.5. The Labute approximate surface area is 263 Å². The number of carbonyl (C=O) groups is 1. The van der Waals surface area contributed by atoms with Gasteiger partial charge in [0.15, 0.2) is 5.65 Å². The lowest BCUT2D eigenvalue weighted by molar-refractivity contribution is -0.139. The molecule has 2 aromatic carbocycles. The van der Waals surface area contributed by atoms with Crippen molar-refractivity contribution in [2.75, 3.05) is 38.3 Å². The molecular weight excluding hydrogens is 576 g/mol. The van der Waals surface area contributed by atoms with E-state index >= 15 is 0 Å². The minimum Gasteiger partial charge on any atom is -0.493 e. The molecule has 0 bridgehead atoms. The first kappa shape index (κ1) is 31.3. The number of hydrogen-bond donors (Lipinski definition) is 0. The molecule has 0 N–H and O–H groups in total. The SMILES string of the molecule is C=CCCOc1ccc(Cl)cc1-c1cccc(-c2cc3nc(C)c(CC(=O)OC)c(N4CCC(C)(OCC=C)CC4)n3n2)c1. The predicted molar refractivity (Wildman–Crippen MR) is 176 cm³/mol. The van der Waals surface area contributed by atoms with Gasteiger partial charge < -0.3 is 19.1 Å². The lowest BCUT2D eigenvalue weighted by atomic mass is 9.93. The highest BCUT2D eigenvalue weighted by molar-refractivity contribution is 6.31. The highest BCUT2D eigenvalue weighted by atomic mass is 35.5. The molecule has 3 heterocycles. The number of aromatic nitrogens is 3. The molecule has 1 aliphatic rings. The molecule has 0 atom stereocenters. The van der Waals surface area contributed by atoms with Gasteiger partial charge in [0.1, 0.15) is 11.6 Å². The van der Waals surface area contributed by atoms with Crippen LogP contribution in [0.15, 0.2) is 73.8 Å².